The lowest BCUT2D eigenvalue weighted by atomic mass is 9.91. The Balaban J connectivity index is 2.14. The molecule has 0 amide bonds. The summed E-state index contributed by atoms with van der Waals surface area (Å²) in [5, 5.41) is 9.91. The van der Waals surface area contributed by atoms with Crippen LogP contribution < -0.4 is 19.1 Å². The van der Waals surface area contributed by atoms with Crippen molar-refractivity contribution in [2.24, 2.45) is 0 Å². The number of fused-ring (bicyclic) bond motifs is 2. The summed E-state index contributed by atoms with van der Waals surface area (Å²) in [7, 11) is 3.75. The fourth-order valence-corrected chi connectivity index (χ4v) is 2.97. The van der Waals surface area contributed by atoms with E-state index >= 15 is 0 Å². The zero-order valence-electron chi connectivity index (χ0n) is 13.4. The molecule has 2 N–H and O–H groups in total. The SMILES string of the molecule is COc1c2c(cc3c1[C@@H](C#CC(C)(C)O)[NH+](C)CC3)OCO2. The lowest BCUT2D eigenvalue weighted by molar-refractivity contribution is -0.905. The maximum Gasteiger partial charge on any atom is 0.231 e. The number of aliphatic hydroxyl groups is 1. The highest BCUT2D eigenvalue weighted by atomic mass is 16.7. The van der Waals surface area contributed by atoms with Crippen molar-refractivity contribution in [3.63, 3.8) is 0 Å². The second kappa shape index (κ2) is 5.38. The van der Waals surface area contributed by atoms with Crippen molar-refractivity contribution in [1.82, 2.24) is 0 Å². The van der Waals surface area contributed by atoms with E-state index in [1.165, 1.54) is 10.5 Å². The fourth-order valence-electron chi connectivity index (χ4n) is 2.97. The van der Waals surface area contributed by atoms with E-state index < -0.39 is 5.60 Å². The van der Waals surface area contributed by atoms with Crippen LogP contribution in [0.1, 0.15) is 31.0 Å². The van der Waals surface area contributed by atoms with Gasteiger partial charge in [0.15, 0.2) is 17.5 Å². The Kier molecular flexibility index (Phi) is 3.67. The fraction of sp³-hybridized carbons (Fsp3) is 0.529. The quantitative estimate of drug-likeness (QED) is 0.733. The summed E-state index contributed by atoms with van der Waals surface area (Å²) >= 11 is 0. The summed E-state index contributed by atoms with van der Waals surface area (Å²) < 4.78 is 16.7. The van der Waals surface area contributed by atoms with Gasteiger partial charge in [-0.2, -0.15) is 0 Å². The van der Waals surface area contributed by atoms with E-state index in [1.54, 1.807) is 21.0 Å². The molecule has 1 aromatic rings. The molecular formula is C17H22NO4+. The molecule has 0 fully saturated rings. The smallest absolute Gasteiger partial charge is 0.231 e. The molecule has 1 unspecified atom stereocenters. The highest BCUT2D eigenvalue weighted by molar-refractivity contribution is 5.62. The molecule has 5 nitrogen and oxygen atoms in total. The van der Waals surface area contributed by atoms with Gasteiger partial charge in [-0.05, 0) is 31.4 Å². The van der Waals surface area contributed by atoms with Crippen LogP contribution in [0.2, 0.25) is 0 Å². The maximum atomic E-state index is 9.91. The van der Waals surface area contributed by atoms with Gasteiger partial charge in [0.05, 0.1) is 26.3 Å². The first-order chi connectivity index (χ1) is 10.4. The zero-order valence-corrected chi connectivity index (χ0v) is 13.4. The van der Waals surface area contributed by atoms with Crippen molar-refractivity contribution in [3.05, 3.63) is 17.2 Å². The number of likely N-dealkylation sites (N-methyl/N-ethyl adjacent to an activating group) is 1. The average Bonchev–Trinajstić information content (AvgIpc) is 2.91. The Morgan fingerprint density at radius 2 is 2.18 bits per heavy atom. The van der Waals surface area contributed by atoms with Crippen molar-refractivity contribution >= 4 is 0 Å². The number of hydrogen-bond acceptors (Lipinski definition) is 4. The molecule has 2 atom stereocenters. The number of hydrogen-bond donors (Lipinski definition) is 2. The Hall–Kier alpha value is -1.90. The van der Waals surface area contributed by atoms with E-state index in [4.69, 9.17) is 14.2 Å². The summed E-state index contributed by atoms with van der Waals surface area (Å²) in [6, 6.07) is 1.98. The Bertz CT molecular complexity index is 651. The van der Waals surface area contributed by atoms with Crippen LogP contribution in [0.3, 0.4) is 0 Å². The monoisotopic (exact) mass is 304 g/mol. The van der Waals surface area contributed by atoms with E-state index in [9.17, 15) is 5.11 Å². The Morgan fingerprint density at radius 3 is 2.86 bits per heavy atom. The lowest BCUT2D eigenvalue weighted by Gasteiger charge is -2.30. The summed E-state index contributed by atoms with van der Waals surface area (Å²) in [6.07, 6.45) is 0.939. The number of nitrogens with one attached hydrogen (secondary N) is 1. The molecule has 118 valence electrons. The van der Waals surface area contributed by atoms with Crippen LogP contribution in [0, 0.1) is 11.8 Å². The second-order valence-electron chi connectivity index (χ2n) is 6.32. The first-order valence-corrected chi connectivity index (χ1v) is 7.47. The minimum Gasteiger partial charge on any atom is -0.492 e. The summed E-state index contributed by atoms with van der Waals surface area (Å²) in [4.78, 5) is 1.28. The van der Waals surface area contributed by atoms with Crippen LogP contribution in [0.25, 0.3) is 0 Å². The average molecular weight is 304 g/mol. The molecule has 0 saturated carbocycles. The molecule has 1 aromatic carbocycles. The van der Waals surface area contributed by atoms with Gasteiger partial charge in [0.1, 0.15) is 5.60 Å². The number of rotatable bonds is 1. The van der Waals surface area contributed by atoms with Gasteiger partial charge in [0.2, 0.25) is 12.5 Å². The van der Waals surface area contributed by atoms with Gasteiger partial charge >= 0.3 is 0 Å². The van der Waals surface area contributed by atoms with Gasteiger partial charge < -0.3 is 24.2 Å². The Morgan fingerprint density at radius 1 is 1.41 bits per heavy atom. The minimum atomic E-state index is -1.01. The predicted octanol–water partition coefficient (Wildman–Crippen LogP) is 0.310. The van der Waals surface area contributed by atoms with Crippen molar-refractivity contribution in [3.8, 4) is 29.1 Å². The number of methoxy groups -OCH3 is 1. The van der Waals surface area contributed by atoms with E-state index in [0.29, 0.717) is 11.5 Å². The molecule has 22 heavy (non-hydrogen) atoms. The normalized spacial score (nSPS) is 22.6. The molecular weight excluding hydrogens is 282 g/mol. The summed E-state index contributed by atoms with van der Waals surface area (Å²) in [6.45, 7) is 4.57. The van der Waals surface area contributed by atoms with E-state index in [2.05, 4.69) is 18.9 Å². The largest absolute Gasteiger partial charge is 0.492 e. The van der Waals surface area contributed by atoms with Crippen LogP contribution in [-0.4, -0.2) is 38.2 Å². The molecule has 0 aliphatic carbocycles. The first kappa shape index (κ1) is 15.0. The molecule has 0 saturated heterocycles. The maximum absolute atomic E-state index is 9.91. The van der Waals surface area contributed by atoms with Crippen LogP contribution in [-0.2, 0) is 6.42 Å². The topological polar surface area (TPSA) is 52.4 Å². The van der Waals surface area contributed by atoms with Crippen LogP contribution in [0.5, 0.6) is 17.2 Å². The van der Waals surface area contributed by atoms with Gasteiger partial charge in [-0.1, -0.05) is 5.92 Å². The molecule has 0 radical (unpaired) electrons. The third kappa shape index (κ3) is 2.60. The zero-order chi connectivity index (χ0) is 15.9. The van der Waals surface area contributed by atoms with Crippen molar-refractivity contribution in [2.75, 3.05) is 27.5 Å². The standard InChI is InChI=1S/C17H21NO4/c1-17(2,19)7-5-12-14-11(6-8-18(12)3)9-13-15(16(14)20-4)22-10-21-13/h9,12,19H,6,8,10H2,1-4H3/p+1/t12-/m1/s1. The molecule has 2 aliphatic heterocycles. The highest BCUT2D eigenvalue weighted by Crippen LogP contribution is 2.47. The lowest BCUT2D eigenvalue weighted by Crippen LogP contribution is -3.10. The van der Waals surface area contributed by atoms with Crippen molar-refractivity contribution in [1.29, 1.82) is 0 Å². The van der Waals surface area contributed by atoms with Gasteiger partial charge in [-0.15, -0.1) is 0 Å². The first-order valence-electron chi connectivity index (χ1n) is 7.47. The molecule has 5 heteroatoms. The van der Waals surface area contributed by atoms with Crippen LogP contribution >= 0.6 is 0 Å². The predicted molar refractivity (Wildman–Crippen MR) is 81.4 cm³/mol. The molecule has 0 aromatic heterocycles. The molecule has 2 aliphatic rings. The van der Waals surface area contributed by atoms with Crippen LogP contribution in [0.4, 0.5) is 0 Å². The second-order valence-corrected chi connectivity index (χ2v) is 6.32. The number of benzene rings is 1. The van der Waals surface area contributed by atoms with Gasteiger partial charge in [-0.3, -0.25) is 0 Å². The molecule has 2 heterocycles. The van der Waals surface area contributed by atoms with Gasteiger partial charge in [0.25, 0.3) is 0 Å². The van der Waals surface area contributed by atoms with E-state index in [1.807, 2.05) is 6.07 Å². The Labute approximate surface area is 130 Å². The highest BCUT2D eigenvalue weighted by Gasteiger charge is 2.35. The summed E-state index contributed by atoms with van der Waals surface area (Å²) in [5.74, 6) is 8.27. The van der Waals surface area contributed by atoms with Gasteiger partial charge in [0, 0.05) is 6.42 Å². The van der Waals surface area contributed by atoms with Crippen molar-refractivity contribution < 1.29 is 24.2 Å². The minimum absolute atomic E-state index is 0.0559. The number of ether oxygens (including phenoxy) is 3. The van der Waals surface area contributed by atoms with E-state index in [0.717, 1.165) is 24.3 Å². The molecule has 0 bridgehead atoms. The third-order valence-corrected chi connectivity index (χ3v) is 4.04. The van der Waals surface area contributed by atoms with Crippen LogP contribution in [0.15, 0.2) is 6.07 Å². The molecule has 0 spiro atoms. The van der Waals surface area contributed by atoms with E-state index in [-0.39, 0.29) is 12.8 Å². The number of quaternary nitrogens is 1. The van der Waals surface area contributed by atoms with Gasteiger partial charge in [-0.25, -0.2) is 0 Å². The molecule has 3 rings (SSSR count). The summed E-state index contributed by atoms with van der Waals surface area (Å²) in [5.41, 5.74) is 1.22. The third-order valence-electron chi connectivity index (χ3n) is 4.04. The van der Waals surface area contributed by atoms with Crippen molar-refractivity contribution in [2.45, 2.75) is 31.9 Å².